The van der Waals surface area contributed by atoms with Crippen molar-refractivity contribution in [2.45, 2.75) is 67.2 Å². The van der Waals surface area contributed by atoms with E-state index in [0.29, 0.717) is 49.1 Å². The number of piperazine rings is 1. The molecule has 5 rings (SSSR count). The van der Waals surface area contributed by atoms with Gasteiger partial charge >= 0.3 is 18.0 Å². The minimum atomic E-state index is -0.612. The SMILES string of the molecule is CCOC(=O)c1cn(CC)c2ccc(C#CCN3CCN(C(=O)OC(C)(C)C)CC3)cc2c1=O.CCOC(=O)c1cn(CC)c2ccc(I)cc2c1=O. The Morgan fingerprint density at radius 3 is 1.75 bits per heavy atom. The van der Waals surface area contributed by atoms with Crippen LogP contribution in [0.5, 0.6) is 0 Å². The van der Waals surface area contributed by atoms with Crippen molar-refractivity contribution in [1.29, 1.82) is 0 Å². The van der Waals surface area contributed by atoms with Crippen molar-refractivity contribution in [3.63, 3.8) is 0 Å². The largest absolute Gasteiger partial charge is 0.462 e. The lowest BCUT2D eigenvalue weighted by molar-refractivity contribution is 0.0155. The quantitative estimate of drug-likeness (QED) is 0.0967. The summed E-state index contributed by atoms with van der Waals surface area (Å²) in [5.41, 5.74) is 1.31. The van der Waals surface area contributed by atoms with E-state index < -0.39 is 17.5 Å². The van der Waals surface area contributed by atoms with Crippen LogP contribution in [0, 0.1) is 15.4 Å². The normalized spacial score (nSPS) is 13.1. The number of benzene rings is 2. The Kier molecular flexibility index (Phi) is 14.2. The summed E-state index contributed by atoms with van der Waals surface area (Å²) in [5.74, 6) is 5.12. The number of pyridine rings is 2. The molecular weight excluding hydrogens is 791 g/mol. The molecule has 1 aliphatic heterocycles. The van der Waals surface area contributed by atoms with E-state index in [2.05, 4.69) is 39.3 Å². The summed E-state index contributed by atoms with van der Waals surface area (Å²) < 4.78 is 20.1. The Labute approximate surface area is 323 Å². The average molecular weight is 839 g/mol. The molecule has 4 aromatic rings. The molecule has 0 radical (unpaired) electrons. The van der Waals surface area contributed by atoms with E-state index >= 15 is 0 Å². The van der Waals surface area contributed by atoms with Gasteiger partial charge in [-0.2, -0.15) is 0 Å². The maximum atomic E-state index is 12.9. The number of carbonyl (C=O) groups is 3. The summed E-state index contributed by atoms with van der Waals surface area (Å²) in [6, 6.07) is 11.1. The first-order chi connectivity index (χ1) is 25.2. The van der Waals surface area contributed by atoms with Gasteiger partial charge in [0.1, 0.15) is 16.7 Å². The highest BCUT2D eigenvalue weighted by Crippen LogP contribution is 2.18. The third kappa shape index (κ3) is 10.5. The molecule has 1 saturated heterocycles. The smallest absolute Gasteiger partial charge is 0.410 e. The highest BCUT2D eigenvalue weighted by atomic mass is 127. The zero-order chi connectivity index (χ0) is 38.9. The number of amides is 1. The standard InChI is InChI=1S/C26H33N3O5.C14H14INO3/c1-6-28-18-21(24(31)33-7-2)23(30)20-17-19(10-11-22(20)28)9-8-12-27-13-15-29(16-14-27)25(32)34-26(3,4)5;1-3-16-8-11(14(18)19-4-2)13(17)10-7-9(15)5-6-12(10)16/h10-11,17-18H,6-7,12-16H2,1-5H3;5-8H,3-4H2,1-2H3. The Morgan fingerprint density at radius 2 is 1.26 bits per heavy atom. The van der Waals surface area contributed by atoms with Crippen LogP contribution in [-0.2, 0) is 27.3 Å². The number of rotatable bonds is 7. The number of ether oxygens (including phenoxy) is 3. The number of aromatic nitrogens is 2. The Hall–Kier alpha value is -4.68. The van der Waals surface area contributed by atoms with Crippen LogP contribution < -0.4 is 10.9 Å². The van der Waals surface area contributed by atoms with Crippen LogP contribution in [0.25, 0.3) is 21.8 Å². The fraction of sp³-hybridized carbons (Fsp3) is 0.425. The second-order valence-corrected chi connectivity index (χ2v) is 14.4. The maximum absolute atomic E-state index is 12.9. The minimum absolute atomic E-state index is 0.0316. The monoisotopic (exact) mass is 838 g/mol. The van der Waals surface area contributed by atoms with Crippen LogP contribution in [0.2, 0.25) is 0 Å². The maximum Gasteiger partial charge on any atom is 0.410 e. The lowest BCUT2D eigenvalue weighted by Crippen LogP contribution is -2.50. The summed E-state index contributed by atoms with van der Waals surface area (Å²) >= 11 is 2.15. The second-order valence-electron chi connectivity index (χ2n) is 13.2. The lowest BCUT2D eigenvalue weighted by Gasteiger charge is -2.34. The molecule has 282 valence electrons. The van der Waals surface area contributed by atoms with E-state index in [0.717, 1.165) is 27.7 Å². The second kappa shape index (κ2) is 18.4. The average Bonchev–Trinajstić information content (AvgIpc) is 3.12. The van der Waals surface area contributed by atoms with Crippen molar-refractivity contribution in [1.82, 2.24) is 18.9 Å². The molecule has 12 nitrogen and oxygen atoms in total. The molecular formula is C40H47IN4O8. The van der Waals surface area contributed by atoms with E-state index in [1.807, 2.05) is 68.0 Å². The van der Waals surface area contributed by atoms with Gasteiger partial charge in [-0.1, -0.05) is 11.8 Å². The molecule has 0 spiro atoms. The van der Waals surface area contributed by atoms with Crippen LogP contribution in [0.3, 0.4) is 0 Å². The number of carbonyl (C=O) groups excluding carboxylic acids is 3. The predicted molar refractivity (Wildman–Crippen MR) is 214 cm³/mol. The van der Waals surface area contributed by atoms with Crippen molar-refractivity contribution < 1.29 is 28.6 Å². The number of fused-ring (bicyclic) bond motifs is 2. The van der Waals surface area contributed by atoms with Gasteiger partial charge in [0.05, 0.1) is 30.8 Å². The summed E-state index contributed by atoms with van der Waals surface area (Å²) in [4.78, 5) is 65.5. The van der Waals surface area contributed by atoms with Gasteiger partial charge in [0.2, 0.25) is 10.9 Å². The van der Waals surface area contributed by atoms with E-state index in [9.17, 15) is 24.0 Å². The summed E-state index contributed by atoms with van der Waals surface area (Å²) in [6.45, 7) is 17.9. The lowest BCUT2D eigenvalue weighted by atomic mass is 10.1. The third-order valence-corrected chi connectivity index (χ3v) is 9.02. The van der Waals surface area contributed by atoms with Crippen LogP contribution in [0.15, 0.2) is 58.4 Å². The zero-order valence-electron chi connectivity index (χ0n) is 31.4. The molecule has 13 heteroatoms. The first kappa shape index (κ1) is 41.1. The molecule has 2 aromatic heterocycles. The molecule has 0 N–H and O–H groups in total. The Morgan fingerprint density at radius 1 is 0.755 bits per heavy atom. The van der Waals surface area contributed by atoms with E-state index in [4.69, 9.17) is 14.2 Å². The van der Waals surface area contributed by atoms with Crippen LogP contribution in [0.4, 0.5) is 4.79 Å². The van der Waals surface area contributed by atoms with Crippen LogP contribution >= 0.6 is 22.6 Å². The highest BCUT2D eigenvalue weighted by molar-refractivity contribution is 14.1. The van der Waals surface area contributed by atoms with Crippen molar-refractivity contribution in [2.24, 2.45) is 0 Å². The summed E-state index contributed by atoms with van der Waals surface area (Å²) in [7, 11) is 0. The molecule has 3 heterocycles. The number of aryl methyl sites for hydroxylation is 2. The molecule has 0 saturated carbocycles. The Bertz CT molecular complexity index is 2170. The molecule has 0 bridgehead atoms. The van der Waals surface area contributed by atoms with Gasteiger partial charge in [-0.3, -0.25) is 14.5 Å². The van der Waals surface area contributed by atoms with Gasteiger partial charge < -0.3 is 28.2 Å². The van der Waals surface area contributed by atoms with Gasteiger partial charge in [-0.05, 0) is 107 Å². The van der Waals surface area contributed by atoms with Crippen LogP contribution in [0.1, 0.15) is 74.7 Å². The van der Waals surface area contributed by atoms with Crippen molar-refractivity contribution in [3.05, 3.63) is 89.5 Å². The number of nitrogens with zero attached hydrogens (tertiary/aromatic N) is 4. The highest BCUT2D eigenvalue weighted by Gasteiger charge is 2.25. The number of esters is 2. The molecule has 53 heavy (non-hydrogen) atoms. The fourth-order valence-corrected chi connectivity index (χ4v) is 6.24. The molecule has 0 atom stereocenters. The van der Waals surface area contributed by atoms with Gasteiger partial charge in [-0.25, -0.2) is 14.4 Å². The fourth-order valence-electron chi connectivity index (χ4n) is 5.75. The topological polar surface area (TPSA) is 129 Å². The minimum Gasteiger partial charge on any atom is -0.462 e. The molecule has 1 aliphatic rings. The van der Waals surface area contributed by atoms with Crippen molar-refractivity contribution in [2.75, 3.05) is 45.9 Å². The van der Waals surface area contributed by atoms with E-state index in [-0.39, 0.29) is 41.3 Å². The van der Waals surface area contributed by atoms with Gasteiger partial charge in [-0.15, -0.1) is 0 Å². The predicted octanol–water partition coefficient (Wildman–Crippen LogP) is 5.91. The van der Waals surface area contributed by atoms with Gasteiger partial charge in [0.25, 0.3) is 0 Å². The molecule has 1 fully saturated rings. The zero-order valence-corrected chi connectivity index (χ0v) is 33.6. The van der Waals surface area contributed by atoms with E-state index in [1.165, 1.54) is 0 Å². The molecule has 1 amide bonds. The van der Waals surface area contributed by atoms with E-state index in [1.54, 1.807) is 43.3 Å². The number of hydrogen-bond donors (Lipinski definition) is 0. The number of halogens is 1. The van der Waals surface area contributed by atoms with Crippen LogP contribution in [-0.4, -0.2) is 88.5 Å². The summed E-state index contributed by atoms with van der Waals surface area (Å²) in [5, 5.41) is 1.00. The van der Waals surface area contributed by atoms with Crippen molar-refractivity contribution >= 4 is 62.4 Å². The van der Waals surface area contributed by atoms with Crippen molar-refractivity contribution in [3.8, 4) is 11.8 Å². The first-order valence-electron chi connectivity index (χ1n) is 17.7. The number of hydrogen-bond acceptors (Lipinski definition) is 9. The van der Waals surface area contributed by atoms with Gasteiger partial charge in [0, 0.05) is 71.6 Å². The Balaban J connectivity index is 0.000000278. The first-order valence-corrected chi connectivity index (χ1v) is 18.8. The molecule has 0 aliphatic carbocycles. The third-order valence-electron chi connectivity index (χ3n) is 8.35. The van der Waals surface area contributed by atoms with Gasteiger partial charge in [0.15, 0.2) is 0 Å². The molecule has 2 aromatic carbocycles. The molecule has 0 unspecified atom stereocenters. The summed E-state index contributed by atoms with van der Waals surface area (Å²) in [6.07, 6.45) is 2.86.